The molecule has 9 nitrogen and oxygen atoms in total. The molecule has 24 heavy (non-hydrogen) atoms. The van der Waals surface area contributed by atoms with Gasteiger partial charge >= 0.3 is 6.09 Å². The average molecular weight is 329 g/mol. The molecule has 0 bridgehead atoms. The number of carbonyl (C=O) groups excluding carboxylic acids is 1. The standard InChI is InChI=1S/C15H19N7O2/c1-2-24-15(23)18-12-4-5-13(20-19-12)21-8-10-22(11-9-21)14-16-6-3-7-17-14/h3-7H,2,8-11H2,1H3,(H,18,19,23). The second kappa shape index (κ2) is 7.53. The molecule has 1 amide bonds. The van der Waals surface area contributed by atoms with Crippen molar-refractivity contribution < 1.29 is 9.53 Å². The number of hydrogen-bond donors (Lipinski definition) is 1. The summed E-state index contributed by atoms with van der Waals surface area (Å²) in [5, 5.41) is 10.7. The monoisotopic (exact) mass is 329 g/mol. The maximum absolute atomic E-state index is 11.3. The summed E-state index contributed by atoms with van der Waals surface area (Å²) in [6.45, 7) is 5.29. The van der Waals surface area contributed by atoms with Crippen molar-refractivity contribution in [1.82, 2.24) is 20.2 Å². The maximum Gasteiger partial charge on any atom is 0.412 e. The lowest BCUT2D eigenvalue weighted by Crippen LogP contribution is -2.47. The van der Waals surface area contributed by atoms with Crippen molar-refractivity contribution in [2.75, 3.05) is 47.9 Å². The van der Waals surface area contributed by atoms with E-state index >= 15 is 0 Å². The second-order valence-corrected chi connectivity index (χ2v) is 5.15. The van der Waals surface area contributed by atoms with E-state index < -0.39 is 6.09 Å². The first-order chi connectivity index (χ1) is 11.8. The first kappa shape index (κ1) is 15.9. The van der Waals surface area contributed by atoms with Crippen molar-refractivity contribution in [2.45, 2.75) is 6.92 Å². The largest absolute Gasteiger partial charge is 0.450 e. The molecule has 0 aliphatic carbocycles. The average Bonchev–Trinajstić information content (AvgIpc) is 2.63. The molecule has 0 aromatic carbocycles. The summed E-state index contributed by atoms with van der Waals surface area (Å²) in [4.78, 5) is 24.2. The molecule has 1 aliphatic heterocycles. The summed E-state index contributed by atoms with van der Waals surface area (Å²) in [7, 11) is 0. The highest BCUT2D eigenvalue weighted by Gasteiger charge is 2.20. The van der Waals surface area contributed by atoms with Crippen LogP contribution in [0.15, 0.2) is 30.6 Å². The third kappa shape index (κ3) is 3.86. The number of amides is 1. The second-order valence-electron chi connectivity index (χ2n) is 5.15. The fourth-order valence-electron chi connectivity index (χ4n) is 2.42. The Morgan fingerprint density at radius 2 is 1.83 bits per heavy atom. The molecule has 0 saturated carbocycles. The number of piperazine rings is 1. The Labute approximate surface area is 139 Å². The molecule has 0 atom stereocenters. The van der Waals surface area contributed by atoms with Gasteiger partial charge in [-0.25, -0.2) is 14.8 Å². The number of nitrogens with zero attached hydrogens (tertiary/aromatic N) is 6. The van der Waals surface area contributed by atoms with Crippen LogP contribution < -0.4 is 15.1 Å². The van der Waals surface area contributed by atoms with E-state index in [1.807, 2.05) is 6.07 Å². The number of hydrogen-bond acceptors (Lipinski definition) is 8. The van der Waals surface area contributed by atoms with Gasteiger partial charge in [0.25, 0.3) is 0 Å². The van der Waals surface area contributed by atoms with Gasteiger partial charge in [-0.15, -0.1) is 10.2 Å². The summed E-state index contributed by atoms with van der Waals surface area (Å²) in [5.74, 6) is 1.89. The van der Waals surface area contributed by atoms with Crippen LogP contribution >= 0.6 is 0 Å². The van der Waals surface area contributed by atoms with Gasteiger partial charge in [-0.05, 0) is 25.1 Å². The van der Waals surface area contributed by atoms with Gasteiger partial charge in [0, 0.05) is 38.6 Å². The van der Waals surface area contributed by atoms with Gasteiger partial charge in [-0.3, -0.25) is 5.32 Å². The Hall–Kier alpha value is -2.97. The van der Waals surface area contributed by atoms with Gasteiger partial charge in [-0.2, -0.15) is 0 Å². The van der Waals surface area contributed by atoms with E-state index in [1.54, 1.807) is 31.5 Å². The quantitative estimate of drug-likeness (QED) is 0.892. The van der Waals surface area contributed by atoms with Gasteiger partial charge in [0.15, 0.2) is 11.6 Å². The molecular weight excluding hydrogens is 310 g/mol. The van der Waals surface area contributed by atoms with Crippen LogP contribution in [0.25, 0.3) is 0 Å². The zero-order valence-electron chi connectivity index (χ0n) is 13.4. The van der Waals surface area contributed by atoms with Crippen molar-refractivity contribution >= 4 is 23.7 Å². The van der Waals surface area contributed by atoms with Crippen molar-refractivity contribution in [3.8, 4) is 0 Å². The van der Waals surface area contributed by atoms with E-state index in [4.69, 9.17) is 4.74 Å². The number of carbonyl (C=O) groups is 1. The Morgan fingerprint density at radius 3 is 2.46 bits per heavy atom. The summed E-state index contributed by atoms with van der Waals surface area (Å²) >= 11 is 0. The zero-order chi connectivity index (χ0) is 16.8. The van der Waals surface area contributed by atoms with E-state index in [0.717, 1.165) is 37.9 Å². The zero-order valence-corrected chi connectivity index (χ0v) is 13.4. The first-order valence-corrected chi connectivity index (χ1v) is 7.80. The number of anilines is 3. The molecule has 1 saturated heterocycles. The Kier molecular flexibility index (Phi) is 4.99. The lowest BCUT2D eigenvalue weighted by Gasteiger charge is -2.35. The third-order valence-corrected chi connectivity index (χ3v) is 3.59. The molecule has 3 heterocycles. The summed E-state index contributed by atoms with van der Waals surface area (Å²) in [6.07, 6.45) is 2.96. The van der Waals surface area contributed by atoms with E-state index in [9.17, 15) is 4.79 Å². The molecule has 1 aliphatic rings. The first-order valence-electron chi connectivity index (χ1n) is 7.80. The van der Waals surface area contributed by atoms with Crippen LogP contribution in [-0.4, -0.2) is 59.0 Å². The highest BCUT2D eigenvalue weighted by atomic mass is 16.5. The predicted octanol–water partition coefficient (Wildman–Crippen LogP) is 1.16. The van der Waals surface area contributed by atoms with Gasteiger partial charge in [0.1, 0.15) is 0 Å². The molecular formula is C15H19N7O2. The van der Waals surface area contributed by atoms with Crippen LogP contribution in [0.1, 0.15) is 6.92 Å². The van der Waals surface area contributed by atoms with E-state index in [0.29, 0.717) is 12.4 Å². The van der Waals surface area contributed by atoms with Gasteiger partial charge in [0.2, 0.25) is 5.95 Å². The Balaban J connectivity index is 1.55. The minimum atomic E-state index is -0.531. The van der Waals surface area contributed by atoms with Crippen molar-refractivity contribution in [3.63, 3.8) is 0 Å². The lowest BCUT2D eigenvalue weighted by molar-refractivity contribution is 0.168. The molecule has 2 aromatic heterocycles. The minimum Gasteiger partial charge on any atom is -0.450 e. The molecule has 0 radical (unpaired) electrons. The van der Waals surface area contributed by atoms with Gasteiger partial charge < -0.3 is 14.5 Å². The van der Waals surface area contributed by atoms with Crippen LogP contribution in [0.3, 0.4) is 0 Å². The number of ether oxygens (including phenoxy) is 1. The Morgan fingerprint density at radius 1 is 1.12 bits per heavy atom. The third-order valence-electron chi connectivity index (χ3n) is 3.59. The van der Waals surface area contributed by atoms with Crippen molar-refractivity contribution in [1.29, 1.82) is 0 Å². The normalized spacial score (nSPS) is 14.4. The summed E-state index contributed by atoms with van der Waals surface area (Å²) in [5.41, 5.74) is 0. The topological polar surface area (TPSA) is 96.4 Å². The van der Waals surface area contributed by atoms with Crippen molar-refractivity contribution in [3.05, 3.63) is 30.6 Å². The summed E-state index contributed by atoms with van der Waals surface area (Å²) < 4.78 is 4.80. The predicted molar refractivity (Wildman–Crippen MR) is 89.1 cm³/mol. The fourth-order valence-corrected chi connectivity index (χ4v) is 2.42. The van der Waals surface area contributed by atoms with Crippen LogP contribution in [0.5, 0.6) is 0 Å². The van der Waals surface area contributed by atoms with Gasteiger partial charge in [-0.1, -0.05) is 0 Å². The molecule has 0 unspecified atom stereocenters. The Bertz CT molecular complexity index is 657. The number of aromatic nitrogens is 4. The van der Waals surface area contributed by atoms with Crippen LogP contribution in [0, 0.1) is 0 Å². The lowest BCUT2D eigenvalue weighted by atomic mass is 10.3. The molecule has 126 valence electrons. The molecule has 2 aromatic rings. The van der Waals surface area contributed by atoms with E-state index in [-0.39, 0.29) is 0 Å². The molecule has 1 fully saturated rings. The van der Waals surface area contributed by atoms with Crippen LogP contribution in [-0.2, 0) is 4.74 Å². The van der Waals surface area contributed by atoms with E-state index in [1.165, 1.54) is 0 Å². The molecule has 3 rings (SSSR count). The van der Waals surface area contributed by atoms with Crippen LogP contribution in [0.4, 0.5) is 22.4 Å². The maximum atomic E-state index is 11.3. The van der Waals surface area contributed by atoms with Crippen LogP contribution in [0.2, 0.25) is 0 Å². The number of nitrogens with one attached hydrogen (secondary N) is 1. The highest BCUT2D eigenvalue weighted by Crippen LogP contribution is 2.16. The molecule has 1 N–H and O–H groups in total. The van der Waals surface area contributed by atoms with E-state index in [2.05, 4.69) is 35.3 Å². The van der Waals surface area contributed by atoms with Crippen molar-refractivity contribution in [2.24, 2.45) is 0 Å². The smallest absolute Gasteiger partial charge is 0.412 e. The fraction of sp³-hybridized carbons (Fsp3) is 0.400. The SMILES string of the molecule is CCOC(=O)Nc1ccc(N2CCN(c3ncccn3)CC2)nn1. The molecule has 9 heteroatoms. The molecule has 0 spiro atoms. The van der Waals surface area contributed by atoms with Gasteiger partial charge in [0.05, 0.1) is 6.61 Å². The highest BCUT2D eigenvalue weighted by molar-refractivity contribution is 5.83. The summed E-state index contributed by atoms with van der Waals surface area (Å²) in [6, 6.07) is 5.36. The minimum absolute atomic E-state index is 0.312. The number of rotatable bonds is 4.